The summed E-state index contributed by atoms with van der Waals surface area (Å²) in [4.78, 5) is 7.63. The lowest BCUT2D eigenvalue weighted by Gasteiger charge is -2.12. The van der Waals surface area contributed by atoms with E-state index in [9.17, 15) is 0 Å². The Labute approximate surface area is 213 Å². The van der Waals surface area contributed by atoms with Crippen LogP contribution in [0.3, 0.4) is 0 Å². The molecule has 3 heterocycles. The standard InChI is InChI=1S/3C9H13NS/c1-7(2)8-5-11-6-9(8)10(3)4;1-7(2)9-8(10(3)4)5-6-11-9;1-7(2)8-5-6-11-9(8)10(3)4/h3*5-6H,1H2,2-4H3. The molecule has 0 saturated carbocycles. The van der Waals surface area contributed by atoms with Gasteiger partial charge >= 0.3 is 0 Å². The first-order chi connectivity index (χ1) is 15.4. The van der Waals surface area contributed by atoms with Crippen molar-refractivity contribution in [1.82, 2.24) is 0 Å². The van der Waals surface area contributed by atoms with Gasteiger partial charge in [-0.2, -0.15) is 0 Å². The van der Waals surface area contributed by atoms with Crippen molar-refractivity contribution in [2.24, 2.45) is 0 Å². The maximum Gasteiger partial charge on any atom is 0.0979 e. The van der Waals surface area contributed by atoms with Gasteiger partial charge in [0.15, 0.2) is 0 Å². The summed E-state index contributed by atoms with van der Waals surface area (Å²) >= 11 is 5.22. The zero-order valence-electron chi connectivity index (χ0n) is 21.7. The summed E-state index contributed by atoms with van der Waals surface area (Å²) in [6.07, 6.45) is 0. The molecule has 0 bridgehead atoms. The van der Waals surface area contributed by atoms with E-state index in [4.69, 9.17) is 0 Å². The van der Waals surface area contributed by atoms with E-state index in [2.05, 4.69) is 110 Å². The molecule has 0 fully saturated rings. The van der Waals surface area contributed by atoms with E-state index >= 15 is 0 Å². The second-order valence-electron chi connectivity index (χ2n) is 8.47. The molecule has 6 heteroatoms. The monoisotopic (exact) mass is 501 g/mol. The molecule has 3 rings (SSSR count). The molecule has 0 aromatic carbocycles. The maximum absolute atomic E-state index is 3.92. The fourth-order valence-electron chi connectivity index (χ4n) is 2.90. The lowest BCUT2D eigenvalue weighted by Crippen LogP contribution is -2.08. The Balaban J connectivity index is 0.000000247. The van der Waals surface area contributed by atoms with Crippen molar-refractivity contribution in [3.05, 3.63) is 69.4 Å². The van der Waals surface area contributed by atoms with Crippen LogP contribution in [0.5, 0.6) is 0 Å². The van der Waals surface area contributed by atoms with Gasteiger partial charge in [0.05, 0.1) is 21.3 Å². The molecule has 0 saturated heterocycles. The van der Waals surface area contributed by atoms with E-state index in [-0.39, 0.29) is 0 Å². The summed E-state index contributed by atoms with van der Waals surface area (Å²) in [5.74, 6) is 0. The van der Waals surface area contributed by atoms with Crippen LogP contribution in [0.15, 0.2) is 53.4 Å². The van der Waals surface area contributed by atoms with Crippen LogP contribution in [-0.4, -0.2) is 42.3 Å². The van der Waals surface area contributed by atoms with Gasteiger partial charge in [-0.1, -0.05) is 19.7 Å². The molecule has 0 N–H and O–H groups in total. The number of thiophene rings is 3. The third kappa shape index (κ3) is 8.54. The molecule has 180 valence electrons. The Morgan fingerprint density at radius 1 is 0.636 bits per heavy atom. The highest BCUT2D eigenvalue weighted by molar-refractivity contribution is 7.14. The van der Waals surface area contributed by atoms with E-state index in [0.717, 1.165) is 16.7 Å². The fourth-order valence-corrected chi connectivity index (χ4v) is 5.71. The van der Waals surface area contributed by atoms with Crippen LogP contribution < -0.4 is 14.7 Å². The third-order valence-corrected chi connectivity index (χ3v) is 7.48. The third-order valence-electron chi connectivity index (χ3n) is 4.61. The number of allylic oxidation sites excluding steroid dienone is 3. The predicted octanol–water partition coefficient (Wildman–Crippen LogP) is 8.54. The highest BCUT2D eigenvalue weighted by atomic mass is 32.1. The van der Waals surface area contributed by atoms with Gasteiger partial charge in [0.25, 0.3) is 0 Å². The van der Waals surface area contributed by atoms with E-state index in [1.807, 2.05) is 20.8 Å². The van der Waals surface area contributed by atoms with Gasteiger partial charge in [0.1, 0.15) is 0 Å². The molecule has 0 atom stereocenters. The summed E-state index contributed by atoms with van der Waals surface area (Å²) < 4.78 is 0. The van der Waals surface area contributed by atoms with E-state index in [0.29, 0.717) is 0 Å². The van der Waals surface area contributed by atoms with Crippen molar-refractivity contribution < 1.29 is 0 Å². The average molecular weight is 502 g/mol. The number of anilines is 3. The van der Waals surface area contributed by atoms with E-state index < -0.39 is 0 Å². The fraction of sp³-hybridized carbons (Fsp3) is 0.333. The van der Waals surface area contributed by atoms with Crippen molar-refractivity contribution in [3.63, 3.8) is 0 Å². The molecule has 0 radical (unpaired) electrons. The van der Waals surface area contributed by atoms with Gasteiger partial charge in [-0.25, -0.2) is 0 Å². The average Bonchev–Trinajstić information content (AvgIpc) is 3.48. The summed E-state index contributed by atoms with van der Waals surface area (Å²) in [6.45, 7) is 17.9. The summed E-state index contributed by atoms with van der Waals surface area (Å²) in [7, 11) is 12.3. The van der Waals surface area contributed by atoms with Gasteiger partial charge in [0.2, 0.25) is 0 Å². The van der Waals surface area contributed by atoms with Crippen LogP contribution in [-0.2, 0) is 0 Å². The molecule has 3 aromatic rings. The second-order valence-corrected chi connectivity index (χ2v) is 11.0. The molecule has 3 nitrogen and oxygen atoms in total. The van der Waals surface area contributed by atoms with Crippen molar-refractivity contribution >= 4 is 67.1 Å². The maximum atomic E-state index is 3.92. The van der Waals surface area contributed by atoms with Gasteiger partial charge < -0.3 is 14.7 Å². The van der Waals surface area contributed by atoms with Crippen LogP contribution in [0.1, 0.15) is 36.8 Å². The number of hydrogen-bond donors (Lipinski definition) is 0. The zero-order chi connectivity index (χ0) is 25.3. The van der Waals surface area contributed by atoms with Crippen LogP contribution in [0, 0.1) is 0 Å². The first-order valence-electron chi connectivity index (χ1n) is 10.6. The highest BCUT2D eigenvalue weighted by Crippen LogP contribution is 2.31. The number of hydrogen-bond acceptors (Lipinski definition) is 6. The van der Waals surface area contributed by atoms with Crippen molar-refractivity contribution in [2.45, 2.75) is 20.8 Å². The molecule has 0 aliphatic heterocycles. The Morgan fingerprint density at radius 3 is 1.55 bits per heavy atom. The van der Waals surface area contributed by atoms with Crippen molar-refractivity contribution in [3.8, 4) is 0 Å². The topological polar surface area (TPSA) is 9.72 Å². The van der Waals surface area contributed by atoms with Crippen LogP contribution >= 0.6 is 34.0 Å². The number of nitrogens with zero attached hydrogens (tertiary/aromatic N) is 3. The van der Waals surface area contributed by atoms with Crippen LogP contribution in [0.25, 0.3) is 16.7 Å². The van der Waals surface area contributed by atoms with Gasteiger partial charge in [-0.05, 0) is 60.4 Å². The Hall–Kier alpha value is -2.28. The first-order valence-corrected chi connectivity index (χ1v) is 13.3. The SMILES string of the molecule is C=C(C)c1ccsc1N(C)C.C=C(C)c1cscc1N(C)C.C=C(C)c1sccc1N(C)C. The predicted molar refractivity (Wildman–Crippen MR) is 160 cm³/mol. The quantitative estimate of drug-likeness (QED) is 0.335. The summed E-state index contributed by atoms with van der Waals surface area (Å²) in [6, 6.07) is 4.23. The minimum Gasteiger partial charge on any atom is -0.376 e. The lowest BCUT2D eigenvalue weighted by atomic mass is 10.1. The number of rotatable bonds is 6. The first kappa shape index (κ1) is 28.8. The molecule has 0 aliphatic rings. The molecule has 3 aromatic heterocycles. The molecular weight excluding hydrogens is 463 g/mol. The Kier molecular flexibility index (Phi) is 11.7. The second kappa shape index (κ2) is 13.4. The van der Waals surface area contributed by atoms with Crippen molar-refractivity contribution in [2.75, 3.05) is 57.0 Å². The highest BCUT2D eigenvalue weighted by Gasteiger charge is 2.06. The normalized spacial score (nSPS) is 9.73. The lowest BCUT2D eigenvalue weighted by molar-refractivity contribution is 1.13. The minimum absolute atomic E-state index is 1.13. The largest absolute Gasteiger partial charge is 0.376 e. The molecule has 0 amide bonds. The van der Waals surface area contributed by atoms with Crippen LogP contribution in [0.4, 0.5) is 16.4 Å². The van der Waals surface area contributed by atoms with Gasteiger partial charge in [-0.3, -0.25) is 0 Å². The Morgan fingerprint density at radius 2 is 1.18 bits per heavy atom. The molecular formula is C27H39N3S3. The zero-order valence-corrected chi connectivity index (χ0v) is 24.1. The summed E-state index contributed by atoms with van der Waals surface area (Å²) in [5.41, 5.74) is 8.47. The molecule has 0 unspecified atom stereocenters. The van der Waals surface area contributed by atoms with E-state index in [1.54, 1.807) is 34.0 Å². The van der Waals surface area contributed by atoms with E-state index in [1.165, 1.54) is 32.4 Å². The molecule has 0 aliphatic carbocycles. The van der Waals surface area contributed by atoms with Crippen LogP contribution in [0.2, 0.25) is 0 Å². The minimum atomic E-state index is 1.13. The molecule has 33 heavy (non-hydrogen) atoms. The Bertz CT molecular complexity index is 915. The van der Waals surface area contributed by atoms with Crippen molar-refractivity contribution in [1.29, 1.82) is 0 Å². The smallest absolute Gasteiger partial charge is 0.0979 e. The summed E-state index contributed by atoms with van der Waals surface area (Å²) in [5, 5.41) is 9.76. The van der Waals surface area contributed by atoms with Gasteiger partial charge in [-0.15, -0.1) is 34.0 Å². The van der Waals surface area contributed by atoms with Gasteiger partial charge in [0, 0.05) is 64.2 Å². The molecule has 0 spiro atoms.